The summed E-state index contributed by atoms with van der Waals surface area (Å²) in [6.45, 7) is 4.15. The van der Waals surface area contributed by atoms with Gasteiger partial charge in [-0.15, -0.1) is 0 Å². The molecule has 8 heavy (non-hydrogen) atoms. The van der Waals surface area contributed by atoms with Crippen molar-refractivity contribution in [3.05, 3.63) is 0 Å². The van der Waals surface area contributed by atoms with E-state index in [2.05, 4.69) is 6.92 Å². The third-order valence-corrected chi connectivity index (χ3v) is 3.28. The predicted molar refractivity (Wildman–Crippen MR) is 38.7 cm³/mol. The van der Waals surface area contributed by atoms with Crippen LogP contribution >= 0.6 is 0 Å². The number of hydrogen-bond donors (Lipinski definition) is 1. The van der Waals surface area contributed by atoms with E-state index in [4.69, 9.17) is 0 Å². The van der Waals surface area contributed by atoms with E-state index in [0.29, 0.717) is 0 Å². The molecule has 0 aromatic carbocycles. The first kappa shape index (κ1) is 8.78. The predicted octanol–water partition coefficient (Wildman–Crippen LogP) is 0.518. The average molecular weight is 225 g/mol. The third kappa shape index (κ3) is 3.74. The zero-order valence-corrected chi connectivity index (χ0v) is 8.94. The molecule has 0 saturated heterocycles. The van der Waals surface area contributed by atoms with E-state index in [1.54, 1.807) is 0 Å². The zero-order chi connectivity index (χ0) is 6.62. The Morgan fingerprint density at radius 1 is 1.50 bits per heavy atom. The summed E-state index contributed by atoms with van der Waals surface area (Å²) in [5.74, 6) is 0. The molecule has 0 aliphatic rings. The third-order valence-electron chi connectivity index (χ3n) is 1.30. The van der Waals surface area contributed by atoms with Gasteiger partial charge in [0.05, 0.1) is 0 Å². The Morgan fingerprint density at radius 3 is 2.12 bits per heavy atom. The summed E-state index contributed by atoms with van der Waals surface area (Å²) in [6.07, 6.45) is 3.00. The van der Waals surface area contributed by atoms with Gasteiger partial charge in [-0.05, 0) is 0 Å². The molecule has 0 amide bonds. The molecular weight excluding hydrogens is 210 g/mol. The first-order valence-corrected chi connectivity index (χ1v) is 4.78. The maximum atomic E-state index is 9.38. The number of rotatable bonds is 3. The van der Waals surface area contributed by atoms with Crippen LogP contribution in [0.25, 0.3) is 0 Å². The van der Waals surface area contributed by atoms with Gasteiger partial charge >= 0.3 is 64.8 Å². The Kier molecular flexibility index (Phi) is 4.10. The molecule has 0 heterocycles. The van der Waals surface area contributed by atoms with Gasteiger partial charge in [0.15, 0.2) is 0 Å². The zero-order valence-electron chi connectivity index (χ0n) is 5.65. The second-order valence-corrected chi connectivity index (χ2v) is 5.27. The van der Waals surface area contributed by atoms with Gasteiger partial charge in [-0.1, -0.05) is 0 Å². The summed E-state index contributed by atoms with van der Waals surface area (Å²) < 4.78 is -0.278. The first-order chi connectivity index (χ1) is 3.62. The van der Waals surface area contributed by atoms with Gasteiger partial charge in [0, 0.05) is 0 Å². The normalized spacial score (nSPS) is 18.0. The summed E-state index contributed by atoms with van der Waals surface area (Å²) >= 11 is 0.976. The molecule has 1 nitrogen and oxygen atoms in total. The molecule has 0 spiro atoms. The standard InChI is InChI=1S/C6H13O.Sb.2H/c1-3-5-6(7)4-2;;;/h7H,3-5H2,1-2H3;;;. The summed E-state index contributed by atoms with van der Waals surface area (Å²) in [5.41, 5.74) is 0. The fourth-order valence-electron chi connectivity index (χ4n) is 0.610. The van der Waals surface area contributed by atoms with E-state index in [1.807, 2.05) is 6.92 Å². The molecule has 0 aliphatic carbocycles. The molecule has 0 saturated carbocycles. The van der Waals surface area contributed by atoms with E-state index < -0.39 is 0 Å². The van der Waals surface area contributed by atoms with Gasteiger partial charge in [0.2, 0.25) is 0 Å². The van der Waals surface area contributed by atoms with Crippen molar-refractivity contribution in [2.45, 2.75) is 36.7 Å². The molecule has 0 bridgehead atoms. The van der Waals surface area contributed by atoms with Gasteiger partial charge in [0.1, 0.15) is 0 Å². The van der Waals surface area contributed by atoms with Gasteiger partial charge in [0.25, 0.3) is 0 Å². The molecule has 50 valence electrons. The summed E-state index contributed by atoms with van der Waals surface area (Å²) in [5, 5.41) is 9.38. The minimum atomic E-state index is -0.278. The monoisotopic (exact) mass is 224 g/mol. The van der Waals surface area contributed by atoms with Crippen LogP contribution in [0.1, 0.15) is 33.1 Å². The van der Waals surface area contributed by atoms with Crippen LogP contribution in [0.5, 0.6) is 0 Å². The second-order valence-electron chi connectivity index (χ2n) is 2.21. The van der Waals surface area contributed by atoms with Crippen LogP contribution in [0.2, 0.25) is 0 Å². The van der Waals surface area contributed by atoms with Crippen molar-refractivity contribution in [1.82, 2.24) is 0 Å². The van der Waals surface area contributed by atoms with Crippen molar-refractivity contribution in [3.8, 4) is 0 Å². The van der Waals surface area contributed by atoms with Gasteiger partial charge in [-0.25, -0.2) is 0 Å². The molecule has 1 unspecified atom stereocenters. The Bertz CT molecular complexity index is 61.5. The van der Waals surface area contributed by atoms with Crippen LogP contribution in [-0.4, -0.2) is 31.7 Å². The number of aliphatic hydroxyl groups is 1. The van der Waals surface area contributed by atoms with E-state index in [0.717, 1.165) is 42.3 Å². The van der Waals surface area contributed by atoms with Crippen molar-refractivity contribution in [1.29, 1.82) is 0 Å². The van der Waals surface area contributed by atoms with Crippen molar-refractivity contribution in [2.75, 3.05) is 0 Å². The van der Waals surface area contributed by atoms with Gasteiger partial charge in [-0.2, -0.15) is 0 Å². The van der Waals surface area contributed by atoms with Crippen LogP contribution in [0.3, 0.4) is 0 Å². The van der Waals surface area contributed by atoms with Crippen LogP contribution in [0.15, 0.2) is 0 Å². The fourth-order valence-corrected chi connectivity index (χ4v) is 1.43. The van der Waals surface area contributed by atoms with Crippen molar-refractivity contribution < 1.29 is 5.11 Å². The molecule has 1 atom stereocenters. The van der Waals surface area contributed by atoms with Crippen LogP contribution in [-0.2, 0) is 0 Å². The Hall–Kier alpha value is 0.778. The SMILES string of the molecule is CCC[C](O)([SbH2])CC. The van der Waals surface area contributed by atoms with Crippen molar-refractivity contribution >= 4 is 23.0 Å². The fraction of sp³-hybridized carbons (Fsp3) is 1.00. The molecule has 0 rings (SSSR count). The van der Waals surface area contributed by atoms with E-state index in [-0.39, 0.29) is 3.55 Å². The van der Waals surface area contributed by atoms with Crippen LogP contribution in [0.4, 0.5) is 0 Å². The molecular formula is C6H15OSb. The van der Waals surface area contributed by atoms with Crippen molar-refractivity contribution in [2.24, 2.45) is 0 Å². The van der Waals surface area contributed by atoms with Crippen LogP contribution < -0.4 is 0 Å². The first-order valence-electron chi connectivity index (χ1n) is 3.13. The molecule has 0 aliphatic heterocycles. The Balaban J connectivity index is 3.37. The van der Waals surface area contributed by atoms with Gasteiger partial charge in [-0.3, -0.25) is 0 Å². The molecule has 0 aromatic rings. The van der Waals surface area contributed by atoms with E-state index >= 15 is 0 Å². The maximum absolute atomic E-state index is 9.38. The number of hydrogen-bond acceptors (Lipinski definition) is 1. The second kappa shape index (κ2) is 3.74. The van der Waals surface area contributed by atoms with Gasteiger partial charge < -0.3 is 0 Å². The summed E-state index contributed by atoms with van der Waals surface area (Å²) in [6, 6.07) is 0. The van der Waals surface area contributed by atoms with Crippen molar-refractivity contribution in [3.63, 3.8) is 0 Å². The average Bonchev–Trinajstić information content (AvgIpc) is 1.67. The quantitative estimate of drug-likeness (QED) is 0.694. The Morgan fingerprint density at radius 2 is 2.00 bits per heavy atom. The summed E-state index contributed by atoms with van der Waals surface area (Å²) in [4.78, 5) is 0. The molecule has 2 heteroatoms. The molecule has 0 fully saturated rings. The Labute approximate surface area is 65.0 Å². The summed E-state index contributed by atoms with van der Waals surface area (Å²) in [7, 11) is 0. The van der Waals surface area contributed by atoms with E-state index in [1.165, 1.54) is 0 Å². The molecule has 0 aromatic heterocycles. The molecule has 0 radical (unpaired) electrons. The molecule has 1 N–H and O–H groups in total. The van der Waals surface area contributed by atoms with Crippen LogP contribution in [0, 0.1) is 0 Å². The van der Waals surface area contributed by atoms with E-state index in [9.17, 15) is 5.11 Å². The topological polar surface area (TPSA) is 20.2 Å². The minimum absolute atomic E-state index is 0.278.